The number of ether oxygens (including phenoxy) is 1. The number of benzene rings is 1. The van der Waals surface area contributed by atoms with Gasteiger partial charge in [-0.3, -0.25) is 4.79 Å². The summed E-state index contributed by atoms with van der Waals surface area (Å²) in [6.45, 7) is 4.11. The number of rotatable bonds is 6. The summed E-state index contributed by atoms with van der Waals surface area (Å²) in [5, 5.41) is 2.85. The summed E-state index contributed by atoms with van der Waals surface area (Å²) in [5.74, 6) is -0.279. The molecule has 1 aromatic rings. The van der Waals surface area contributed by atoms with E-state index in [2.05, 4.69) is 5.32 Å². The first-order valence-electron chi connectivity index (χ1n) is 6.21. The third-order valence-electron chi connectivity index (χ3n) is 2.84. The minimum Gasteiger partial charge on any atom is -0.494 e. The van der Waals surface area contributed by atoms with Crippen molar-refractivity contribution in [3.05, 3.63) is 29.6 Å². The number of methoxy groups -OCH3 is 1. The maximum atomic E-state index is 13.2. The van der Waals surface area contributed by atoms with E-state index in [1.807, 2.05) is 13.8 Å². The van der Waals surface area contributed by atoms with Gasteiger partial charge >= 0.3 is 0 Å². The molecule has 106 valence electrons. The Balaban J connectivity index is 2.55. The van der Waals surface area contributed by atoms with E-state index < -0.39 is 11.4 Å². The number of nitrogens with two attached hydrogens (primary N) is 1. The smallest absolute Gasteiger partial charge is 0.220 e. The highest BCUT2D eigenvalue weighted by atomic mass is 19.1. The SMILES string of the molecule is COc1cc(CCC(=O)NC(C)(C)CN)ccc1F. The normalized spacial score (nSPS) is 11.2. The van der Waals surface area contributed by atoms with Crippen LogP contribution in [0, 0.1) is 5.82 Å². The molecule has 5 heteroatoms. The molecule has 1 aromatic carbocycles. The van der Waals surface area contributed by atoms with Crippen LogP contribution in [0.4, 0.5) is 4.39 Å². The first-order valence-corrected chi connectivity index (χ1v) is 6.21. The first-order chi connectivity index (χ1) is 8.88. The molecule has 3 N–H and O–H groups in total. The van der Waals surface area contributed by atoms with Crippen molar-refractivity contribution in [2.45, 2.75) is 32.2 Å². The molecule has 0 spiro atoms. The second-order valence-corrected chi connectivity index (χ2v) is 5.11. The largest absolute Gasteiger partial charge is 0.494 e. The first kappa shape index (κ1) is 15.4. The van der Waals surface area contributed by atoms with Crippen molar-refractivity contribution in [3.8, 4) is 5.75 Å². The Morgan fingerprint density at radius 3 is 2.74 bits per heavy atom. The molecule has 0 aromatic heterocycles. The van der Waals surface area contributed by atoms with Crippen LogP contribution in [0.3, 0.4) is 0 Å². The zero-order valence-electron chi connectivity index (χ0n) is 11.6. The molecule has 0 saturated heterocycles. The second-order valence-electron chi connectivity index (χ2n) is 5.11. The van der Waals surface area contributed by atoms with Crippen LogP contribution in [0.25, 0.3) is 0 Å². The molecule has 1 amide bonds. The van der Waals surface area contributed by atoms with E-state index in [1.165, 1.54) is 13.2 Å². The van der Waals surface area contributed by atoms with Crippen LogP contribution < -0.4 is 15.8 Å². The molecule has 0 saturated carbocycles. The van der Waals surface area contributed by atoms with E-state index in [9.17, 15) is 9.18 Å². The van der Waals surface area contributed by atoms with Crippen LogP contribution in [0.5, 0.6) is 5.75 Å². The summed E-state index contributed by atoms with van der Waals surface area (Å²) >= 11 is 0. The average Bonchev–Trinajstić information content (AvgIpc) is 2.37. The third-order valence-corrected chi connectivity index (χ3v) is 2.84. The van der Waals surface area contributed by atoms with Crippen molar-refractivity contribution in [2.24, 2.45) is 5.73 Å². The second kappa shape index (κ2) is 6.52. The predicted octanol–water partition coefficient (Wildman–Crippen LogP) is 1.62. The topological polar surface area (TPSA) is 64.3 Å². The number of halogens is 1. The molecule has 0 bridgehead atoms. The third kappa shape index (κ3) is 4.87. The summed E-state index contributed by atoms with van der Waals surface area (Å²) in [6.07, 6.45) is 0.862. The van der Waals surface area contributed by atoms with Crippen LogP contribution in [-0.2, 0) is 11.2 Å². The zero-order chi connectivity index (χ0) is 14.5. The van der Waals surface area contributed by atoms with Gasteiger partial charge in [0.15, 0.2) is 11.6 Å². The minimum atomic E-state index is -0.405. The van der Waals surface area contributed by atoms with Crippen LogP contribution in [0.2, 0.25) is 0 Å². The summed E-state index contributed by atoms with van der Waals surface area (Å²) < 4.78 is 18.1. The van der Waals surface area contributed by atoms with Gasteiger partial charge in [-0.1, -0.05) is 6.07 Å². The van der Waals surface area contributed by atoms with E-state index in [0.717, 1.165) is 5.56 Å². The maximum absolute atomic E-state index is 13.2. The van der Waals surface area contributed by atoms with Gasteiger partial charge in [0.25, 0.3) is 0 Å². The van der Waals surface area contributed by atoms with E-state index in [0.29, 0.717) is 19.4 Å². The van der Waals surface area contributed by atoms with Crippen molar-refractivity contribution in [1.82, 2.24) is 5.32 Å². The van der Waals surface area contributed by atoms with E-state index >= 15 is 0 Å². The summed E-state index contributed by atoms with van der Waals surface area (Å²) in [7, 11) is 1.42. The lowest BCUT2D eigenvalue weighted by Gasteiger charge is -2.24. The number of aryl methyl sites for hydroxylation is 1. The molecule has 0 atom stereocenters. The number of amides is 1. The quantitative estimate of drug-likeness (QED) is 0.824. The van der Waals surface area contributed by atoms with Gasteiger partial charge in [0.05, 0.1) is 7.11 Å². The monoisotopic (exact) mass is 268 g/mol. The Morgan fingerprint density at radius 1 is 1.47 bits per heavy atom. The summed E-state index contributed by atoms with van der Waals surface area (Å²) in [5.41, 5.74) is 6.00. The van der Waals surface area contributed by atoms with Gasteiger partial charge in [-0.2, -0.15) is 0 Å². The molecule has 0 aliphatic carbocycles. The Bertz CT molecular complexity index is 447. The Labute approximate surface area is 113 Å². The van der Waals surface area contributed by atoms with Gasteiger partial charge in [0.1, 0.15) is 0 Å². The van der Waals surface area contributed by atoms with Crippen LogP contribution in [0.1, 0.15) is 25.8 Å². The van der Waals surface area contributed by atoms with Crippen LogP contribution in [-0.4, -0.2) is 25.1 Å². The molecule has 4 nitrogen and oxygen atoms in total. The fourth-order valence-corrected chi connectivity index (χ4v) is 1.61. The number of carbonyl (C=O) groups is 1. The number of carbonyl (C=O) groups excluding carboxylic acids is 1. The zero-order valence-corrected chi connectivity index (χ0v) is 11.6. The van der Waals surface area contributed by atoms with Crippen LogP contribution in [0.15, 0.2) is 18.2 Å². The Morgan fingerprint density at radius 2 is 2.16 bits per heavy atom. The highest BCUT2D eigenvalue weighted by Crippen LogP contribution is 2.19. The lowest BCUT2D eigenvalue weighted by atomic mass is 10.0. The van der Waals surface area contributed by atoms with Crippen molar-refractivity contribution < 1.29 is 13.9 Å². The molecule has 0 unspecified atom stereocenters. The molecular formula is C14H21FN2O2. The number of hydrogen-bond acceptors (Lipinski definition) is 3. The van der Waals surface area contributed by atoms with Gasteiger partial charge in [-0.05, 0) is 38.0 Å². The van der Waals surface area contributed by atoms with Crippen LogP contribution >= 0.6 is 0 Å². The van der Waals surface area contributed by atoms with Gasteiger partial charge < -0.3 is 15.8 Å². The molecule has 0 heterocycles. The Kier molecular flexibility index (Phi) is 5.30. The standard InChI is InChI=1S/C14H21FN2O2/c1-14(2,9-16)17-13(18)7-5-10-4-6-11(15)12(8-10)19-3/h4,6,8H,5,7,9,16H2,1-3H3,(H,17,18). The van der Waals surface area contributed by atoms with Crippen molar-refractivity contribution in [1.29, 1.82) is 0 Å². The number of nitrogens with one attached hydrogen (secondary N) is 1. The molecular weight excluding hydrogens is 247 g/mol. The molecule has 0 aliphatic heterocycles. The fraction of sp³-hybridized carbons (Fsp3) is 0.500. The lowest BCUT2D eigenvalue weighted by molar-refractivity contribution is -0.122. The minimum absolute atomic E-state index is 0.0706. The van der Waals surface area contributed by atoms with Gasteiger partial charge in [-0.15, -0.1) is 0 Å². The van der Waals surface area contributed by atoms with Crippen molar-refractivity contribution in [3.63, 3.8) is 0 Å². The Hall–Kier alpha value is -1.62. The van der Waals surface area contributed by atoms with E-state index in [4.69, 9.17) is 10.5 Å². The predicted molar refractivity (Wildman–Crippen MR) is 72.5 cm³/mol. The summed E-state index contributed by atoms with van der Waals surface area (Å²) in [4.78, 5) is 11.7. The molecule has 0 fully saturated rings. The van der Waals surface area contributed by atoms with E-state index in [1.54, 1.807) is 12.1 Å². The molecule has 19 heavy (non-hydrogen) atoms. The summed E-state index contributed by atoms with van der Waals surface area (Å²) in [6, 6.07) is 4.60. The molecule has 0 radical (unpaired) electrons. The van der Waals surface area contributed by atoms with Gasteiger partial charge in [-0.25, -0.2) is 4.39 Å². The van der Waals surface area contributed by atoms with Gasteiger partial charge in [0, 0.05) is 18.5 Å². The fourth-order valence-electron chi connectivity index (χ4n) is 1.61. The lowest BCUT2D eigenvalue weighted by Crippen LogP contribution is -2.48. The molecule has 1 rings (SSSR count). The van der Waals surface area contributed by atoms with Crippen molar-refractivity contribution >= 4 is 5.91 Å². The van der Waals surface area contributed by atoms with E-state index in [-0.39, 0.29) is 11.7 Å². The highest BCUT2D eigenvalue weighted by molar-refractivity contribution is 5.77. The average molecular weight is 268 g/mol. The van der Waals surface area contributed by atoms with Gasteiger partial charge in [0.2, 0.25) is 5.91 Å². The number of hydrogen-bond donors (Lipinski definition) is 2. The highest BCUT2D eigenvalue weighted by Gasteiger charge is 2.17. The maximum Gasteiger partial charge on any atom is 0.220 e. The van der Waals surface area contributed by atoms with Crippen molar-refractivity contribution in [2.75, 3.05) is 13.7 Å². The molecule has 0 aliphatic rings.